The summed E-state index contributed by atoms with van der Waals surface area (Å²) in [6, 6.07) is 4.07. The van der Waals surface area contributed by atoms with E-state index in [1.54, 1.807) is 0 Å². The summed E-state index contributed by atoms with van der Waals surface area (Å²) < 4.78 is 0. The van der Waals surface area contributed by atoms with Crippen LogP contribution in [-0.2, 0) is 0 Å². The van der Waals surface area contributed by atoms with E-state index in [0.29, 0.717) is 0 Å². The van der Waals surface area contributed by atoms with E-state index in [9.17, 15) is 0 Å². The van der Waals surface area contributed by atoms with E-state index in [2.05, 4.69) is 35.1 Å². The highest BCUT2D eigenvalue weighted by molar-refractivity contribution is 7.99. The Bertz CT molecular complexity index is 295. The van der Waals surface area contributed by atoms with Crippen LogP contribution in [0.3, 0.4) is 0 Å². The molecular weight excluding hydrogens is 192 g/mol. The van der Waals surface area contributed by atoms with Gasteiger partial charge in [-0.05, 0) is 42.4 Å². The molecule has 14 heavy (non-hydrogen) atoms. The van der Waals surface area contributed by atoms with Crippen molar-refractivity contribution in [2.45, 2.75) is 13.3 Å². The Hall–Kier alpha value is -0.700. The quantitative estimate of drug-likeness (QED) is 0.826. The first-order chi connectivity index (χ1) is 6.86. The number of hydrogen-bond acceptors (Lipinski definition) is 3. The molecule has 0 aromatic carbocycles. The molecule has 1 aromatic heterocycles. The summed E-state index contributed by atoms with van der Waals surface area (Å²) in [4.78, 5) is 4.32. The van der Waals surface area contributed by atoms with Crippen molar-refractivity contribution in [3.8, 4) is 0 Å². The molecule has 0 aliphatic carbocycles. The molecule has 1 fully saturated rings. The summed E-state index contributed by atoms with van der Waals surface area (Å²) in [5.41, 5.74) is 1.23. The van der Waals surface area contributed by atoms with Crippen LogP contribution in [0.4, 0.5) is 5.82 Å². The minimum Gasteiger partial charge on any atom is -0.370 e. The molecular formula is C11H16N2S. The van der Waals surface area contributed by atoms with E-state index in [1.807, 2.05) is 12.3 Å². The first-order valence-corrected chi connectivity index (χ1v) is 6.25. The second kappa shape index (κ2) is 4.69. The van der Waals surface area contributed by atoms with Crippen LogP contribution in [0.15, 0.2) is 18.3 Å². The van der Waals surface area contributed by atoms with Gasteiger partial charge >= 0.3 is 0 Å². The van der Waals surface area contributed by atoms with E-state index < -0.39 is 0 Å². The van der Waals surface area contributed by atoms with Gasteiger partial charge in [0.15, 0.2) is 0 Å². The monoisotopic (exact) mass is 208 g/mol. The van der Waals surface area contributed by atoms with Crippen LogP contribution in [0.5, 0.6) is 0 Å². The van der Waals surface area contributed by atoms with Gasteiger partial charge in [0.25, 0.3) is 0 Å². The summed E-state index contributed by atoms with van der Waals surface area (Å²) in [5, 5.41) is 3.43. The molecule has 76 valence electrons. The maximum atomic E-state index is 4.32. The number of rotatable bonds is 3. The molecule has 3 heteroatoms. The molecule has 1 aliphatic heterocycles. The van der Waals surface area contributed by atoms with Gasteiger partial charge in [-0.15, -0.1) is 0 Å². The molecule has 2 nitrogen and oxygen atoms in total. The van der Waals surface area contributed by atoms with Gasteiger partial charge < -0.3 is 5.32 Å². The van der Waals surface area contributed by atoms with Crippen molar-refractivity contribution >= 4 is 17.6 Å². The van der Waals surface area contributed by atoms with Crippen molar-refractivity contribution in [1.82, 2.24) is 4.98 Å². The molecule has 1 unspecified atom stereocenters. The fourth-order valence-corrected chi connectivity index (χ4v) is 2.94. The Morgan fingerprint density at radius 3 is 3.29 bits per heavy atom. The second-order valence-corrected chi connectivity index (χ2v) is 4.93. The van der Waals surface area contributed by atoms with Gasteiger partial charge in [-0.3, -0.25) is 0 Å². The molecule has 1 saturated heterocycles. The van der Waals surface area contributed by atoms with Crippen LogP contribution in [-0.4, -0.2) is 23.0 Å². The molecule has 0 amide bonds. The van der Waals surface area contributed by atoms with Crippen LogP contribution in [0.2, 0.25) is 0 Å². The molecule has 0 saturated carbocycles. The Morgan fingerprint density at radius 2 is 2.57 bits per heavy atom. The SMILES string of the molecule is Cc1cccnc1NCC1CCSC1. The smallest absolute Gasteiger partial charge is 0.128 e. The maximum Gasteiger partial charge on any atom is 0.128 e. The average molecular weight is 208 g/mol. The highest BCUT2D eigenvalue weighted by atomic mass is 32.2. The first kappa shape index (κ1) is 9.84. The molecule has 2 rings (SSSR count). The summed E-state index contributed by atoms with van der Waals surface area (Å²) >= 11 is 2.06. The van der Waals surface area contributed by atoms with E-state index in [4.69, 9.17) is 0 Å². The first-order valence-electron chi connectivity index (χ1n) is 5.09. The number of anilines is 1. The third-order valence-electron chi connectivity index (χ3n) is 2.59. The van der Waals surface area contributed by atoms with E-state index in [-0.39, 0.29) is 0 Å². The minimum atomic E-state index is 0.835. The van der Waals surface area contributed by atoms with Crippen molar-refractivity contribution in [3.05, 3.63) is 23.9 Å². The summed E-state index contributed by atoms with van der Waals surface area (Å²) in [7, 11) is 0. The summed E-state index contributed by atoms with van der Waals surface area (Å²) in [6.07, 6.45) is 3.20. The van der Waals surface area contributed by atoms with Crippen LogP contribution in [0.1, 0.15) is 12.0 Å². The van der Waals surface area contributed by atoms with Crippen molar-refractivity contribution in [2.75, 3.05) is 23.4 Å². The number of pyridine rings is 1. The lowest BCUT2D eigenvalue weighted by Gasteiger charge is -2.11. The summed E-state index contributed by atoms with van der Waals surface area (Å²) in [6.45, 7) is 3.17. The number of hydrogen-bond donors (Lipinski definition) is 1. The Balaban J connectivity index is 1.88. The van der Waals surface area contributed by atoms with E-state index >= 15 is 0 Å². The van der Waals surface area contributed by atoms with Crippen molar-refractivity contribution in [3.63, 3.8) is 0 Å². The van der Waals surface area contributed by atoms with E-state index in [1.165, 1.54) is 23.5 Å². The van der Waals surface area contributed by atoms with Crippen LogP contribution in [0.25, 0.3) is 0 Å². The molecule has 0 spiro atoms. The molecule has 1 atom stereocenters. The molecule has 0 bridgehead atoms. The van der Waals surface area contributed by atoms with Crippen molar-refractivity contribution in [2.24, 2.45) is 5.92 Å². The number of nitrogens with zero attached hydrogens (tertiary/aromatic N) is 1. The Kier molecular flexibility index (Phi) is 3.30. The van der Waals surface area contributed by atoms with E-state index in [0.717, 1.165) is 18.3 Å². The fraction of sp³-hybridized carbons (Fsp3) is 0.545. The van der Waals surface area contributed by atoms with Gasteiger partial charge in [0.1, 0.15) is 5.82 Å². The van der Waals surface area contributed by atoms with Crippen molar-refractivity contribution < 1.29 is 0 Å². The predicted molar refractivity (Wildman–Crippen MR) is 62.9 cm³/mol. The molecule has 2 heterocycles. The molecule has 1 aliphatic rings. The van der Waals surface area contributed by atoms with Gasteiger partial charge in [-0.1, -0.05) is 6.07 Å². The normalized spacial score (nSPS) is 21.1. The lowest BCUT2D eigenvalue weighted by molar-refractivity contribution is 0.630. The van der Waals surface area contributed by atoms with Crippen LogP contribution in [0, 0.1) is 12.8 Å². The lowest BCUT2D eigenvalue weighted by Crippen LogP contribution is -2.14. The van der Waals surface area contributed by atoms with Crippen LogP contribution < -0.4 is 5.32 Å². The third kappa shape index (κ3) is 2.41. The summed E-state index contributed by atoms with van der Waals surface area (Å²) in [5.74, 6) is 4.51. The van der Waals surface area contributed by atoms with Crippen molar-refractivity contribution in [1.29, 1.82) is 0 Å². The highest BCUT2D eigenvalue weighted by Crippen LogP contribution is 2.23. The standard InChI is InChI=1S/C11H16N2S/c1-9-3-2-5-12-11(9)13-7-10-4-6-14-8-10/h2-3,5,10H,4,6-8H2,1H3,(H,12,13). The average Bonchev–Trinajstić information content (AvgIpc) is 2.69. The zero-order chi connectivity index (χ0) is 9.80. The molecule has 0 radical (unpaired) electrons. The molecule has 1 N–H and O–H groups in total. The zero-order valence-corrected chi connectivity index (χ0v) is 9.31. The number of aromatic nitrogens is 1. The zero-order valence-electron chi connectivity index (χ0n) is 8.49. The number of nitrogens with one attached hydrogen (secondary N) is 1. The van der Waals surface area contributed by atoms with Gasteiger partial charge in [0.2, 0.25) is 0 Å². The topological polar surface area (TPSA) is 24.9 Å². The predicted octanol–water partition coefficient (Wildman–Crippen LogP) is 2.56. The Morgan fingerprint density at radius 1 is 1.64 bits per heavy atom. The molecule has 1 aromatic rings. The van der Waals surface area contributed by atoms with Gasteiger partial charge in [-0.2, -0.15) is 11.8 Å². The van der Waals surface area contributed by atoms with Gasteiger partial charge in [0.05, 0.1) is 0 Å². The number of aryl methyl sites for hydroxylation is 1. The van der Waals surface area contributed by atoms with Gasteiger partial charge in [0, 0.05) is 12.7 Å². The van der Waals surface area contributed by atoms with Crippen LogP contribution >= 0.6 is 11.8 Å². The fourth-order valence-electron chi connectivity index (χ4n) is 1.66. The Labute approximate surface area is 89.5 Å². The maximum absolute atomic E-state index is 4.32. The highest BCUT2D eigenvalue weighted by Gasteiger charge is 2.15. The number of thioether (sulfide) groups is 1. The van der Waals surface area contributed by atoms with Gasteiger partial charge in [-0.25, -0.2) is 4.98 Å². The largest absolute Gasteiger partial charge is 0.370 e. The lowest BCUT2D eigenvalue weighted by atomic mass is 10.1. The minimum absolute atomic E-state index is 0.835. The third-order valence-corrected chi connectivity index (χ3v) is 3.82. The second-order valence-electron chi connectivity index (χ2n) is 3.78.